The number of halogens is 2. The Hall–Kier alpha value is 0.500. The number of rotatable bonds is 1. The highest BCUT2D eigenvalue weighted by molar-refractivity contribution is 14.1. The molecule has 5 heteroatoms. The van der Waals surface area contributed by atoms with E-state index < -0.39 is 0 Å². The smallest absolute Gasteiger partial charge is 0.312 e. The van der Waals surface area contributed by atoms with Crippen molar-refractivity contribution in [3.05, 3.63) is 27.8 Å². The van der Waals surface area contributed by atoms with Crippen molar-refractivity contribution >= 4 is 39.5 Å². The quantitative estimate of drug-likeness (QED) is 0.184. The van der Waals surface area contributed by atoms with Gasteiger partial charge in [0.1, 0.15) is 0 Å². The average Bonchev–Trinajstić information content (AvgIpc) is 2.15. The predicted molar refractivity (Wildman–Crippen MR) is 75.8 cm³/mol. The van der Waals surface area contributed by atoms with E-state index in [0.29, 0.717) is 0 Å². The highest BCUT2D eigenvalue weighted by Gasteiger charge is 2.14. The summed E-state index contributed by atoms with van der Waals surface area (Å²) in [6.45, 7) is 0. The Balaban J connectivity index is 0.00000225. The second kappa shape index (κ2) is 7.75. The molecule has 1 rings (SSSR count). The van der Waals surface area contributed by atoms with Gasteiger partial charge in [-0.05, 0) is 46.5 Å². The SMILES string of the molecule is CN(C)C(Sc1ccccc1I)=[N+](C)C.[I-]. The Kier molecular flexibility index (Phi) is 8.00. The molecule has 0 aromatic heterocycles. The van der Waals surface area contributed by atoms with Crippen molar-refractivity contribution in [2.24, 2.45) is 0 Å². The van der Waals surface area contributed by atoms with Gasteiger partial charge in [0.25, 0.3) is 0 Å². The van der Waals surface area contributed by atoms with E-state index >= 15 is 0 Å². The zero-order chi connectivity index (χ0) is 11.4. The van der Waals surface area contributed by atoms with E-state index in [2.05, 4.69) is 84.5 Å². The highest BCUT2D eigenvalue weighted by Crippen LogP contribution is 2.25. The van der Waals surface area contributed by atoms with Crippen LogP contribution in [-0.4, -0.2) is 42.8 Å². The van der Waals surface area contributed by atoms with Gasteiger partial charge in [-0.25, -0.2) is 0 Å². The van der Waals surface area contributed by atoms with Crippen LogP contribution in [0, 0.1) is 3.57 Å². The molecule has 0 spiro atoms. The van der Waals surface area contributed by atoms with Crippen LogP contribution in [-0.2, 0) is 0 Å². The lowest BCUT2D eigenvalue weighted by atomic mass is 10.4. The van der Waals surface area contributed by atoms with Gasteiger partial charge in [0, 0.05) is 8.47 Å². The van der Waals surface area contributed by atoms with E-state index in [1.807, 2.05) is 0 Å². The minimum absolute atomic E-state index is 0. The molecule has 0 saturated carbocycles. The monoisotopic (exact) mass is 462 g/mol. The molecule has 0 N–H and O–H groups in total. The summed E-state index contributed by atoms with van der Waals surface area (Å²) < 4.78 is 3.43. The Morgan fingerprint density at radius 1 is 1.25 bits per heavy atom. The Morgan fingerprint density at radius 2 is 1.81 bits per heavy atom. The molecule has 16 heavy (non-hydrogen) atoms. The molecule has 0 heterocycles. The molecule has 2 nitrogen and oxygen atoms in total. The Labute approximate surface area is 133 Å². The maximum Gasteiger partial charge on any atom is 0.312 e. The molecule has 0 bridgehead atoms. The fourth-order valence-electron chi connectivity index (χ4n) is 1.21. The topological polar surface area (TPSA) is 6.25 Å². The maximum absolute atomic E-state index is 2.37. The molecular formula is C11H16I2N2S. The molecular weight excluding hydrogens is 446 g/mol. The average molecular weight is 462 g/mol. The van der Waals surface area contributed by atoms with Crippen LogP contribution in [0.3, 0.4) is 0 Å². The highest BCUT2D eigenvalue weighted by atomic mass is 127. The summed E-state index contributed by atoms with van der Waals surface area (Å²) in [4.78, 5) is 3.43. The maximum atomic E-state index is 2.37. The fraction of sp³-hybridized carbons (Fsp3) is 0.364. The first-order chi connectivity index (χ1) is 7.02. The number of thioether (sulfide) groups is 1. The van der Waals surface area contributed by atoms with Gasteiger partial charge < -0.3 is 24.0 Å². The lowest BCUT2D eigenvalue weighted by Gasteiger charge is -2.11. The van der Waals surface area contributed by atoms with Gasteiger partial charge >= 0.3 is 5.17 Å². The molecule has 0 atom stereocenters. The van der Waals surface area contributed by atoms with Crippen molar-refractivity contribution in [3.8, 4) is 0 Å². The lowest BCUT2D eigenvalue weighted by molar-refractivity contribution is -0.466. The minimum atomic E-state index is 0. The van der Waals surface area contributed by atoms with E-state index in [1.54, 1.807) is 11.8 Å². The molecule has 0 unspecified atom stereocenters. The third-order valence-corrected chi connectivity index (χ3v) is 4.60. The zero-order valence-corrected chi connectivity index (χ0v) is 15.0. The molecule has 1 aromatic rings. The Morgan fingerprint density at radius 3 is 2.25 bits per heavy atom. The van der Waals surface area contributed by atoms with Crippen molar-refractivity contribution in [2.45, 2.75) is 4.90 Å². The first kappa shape index (κ1) is 16.5. The van der Waals surface area contributed by atoms with Crippen LogP contribution in [0.1, 0.15) is 0 Å². The summed E-state index contributed by atoms with van der Waals surface area (Å²) in [7, 11) is 8.27. The molecule has 0 amide bonds. The molecule has 0 aliphatic heterocycles. The van der Waals surface area contributed by atoms with Crippen molar-refractivity contribution in [3.63, 3.8) is 0 Å². The van der Waals surface area contributed by atoms with Gasteiger partial charge in [0.2, 0.25) is 0 Å². The number of amidine groups is 1. The van der Waals surface area contributed by atoms with Crippen molar-refractivity contribution in [1.29, 1.82) is 0 Å². The summed E-state index contributed by atoms with van der Waals surface area (Å²) >= 11 is 4.16. The van der Waals surface area contributed by atoms with E-state index in [0.717, 1.165) is 0 Å². The molecule has 0 saturated heterocycles. The first-order valence-corrected chi connectivity index (χ1v) is 6.56. The largest absolute Gasteiger partial charge is 1.00 e. The second-order valence-corrected chi connectivity index (χ2v) is 5.78. The van der Waals surface area contributed by atoms with Gasteiger partial charge in [-0.3, -0.25) is 9.48 Å². The third-order valence-electron chi connectivity index (χ3n) is 1.80. The summed E-state index contributed by atoms with van der Waals surface area (Å²) in [5, 5.41) is 1.24. The minimum Gasteiger partial charge on any atom is -1.00 e. The normalized spacial score (nSPS) is 9.31. The number of benzene rings is 1. The van der Waals surface area contributed by atoms with Gasteiger partial charge in [0.15, 0.2) is 0 Å². The van der Waals surface area contributed by atoms with Gasteiger partial charge in [-0.15, -0.1) is 0 Å². The molecule has 90 valence electrons. The lowest BCUT2D eigenvalue weighted by Crippen LogP contribution is -3.00. The van der Waals surface area contributed by atoms with E-state index in [1.165, 1.54) is 13.6 Å². The fourth-order valence-corrected chi connectivity index (χ4v) is 2.80. The van der Waals surface area contributed by atoms with Crippen LogP contribution in [0.2, 0.25) is 0 Å². The van der Waals surface area contributed by atoms with Crippen LogP contribution < -0.4 is 24.0 Å². The van der Waals surface area contributed by atoms with E-state index in [9.17, 15) is 0 Å². The van der Waals surface area contributed by atoms with E-state index in [4.69, 9.17) is 0 Å². The second-order valence-electron chi connectivity index (χ2n) is 3.60. The van der Waals surface area contributed by atoms with Crippen molar-refractivity contribution < 1.29 is 28.6 Å². The number of nitrogens with zero attached hydrogens (tertiary/aromatic N) is 2. The van der Waals surface area contributed by atoms with Crippen LogP contribution in [0.25, 0.3) is 0 Å². The van der Waals surface area contributed by atoms with Crippen LogP contribution in [0.4, 0.5) is 0 Å². The van der Waals surface area contributed by atoms with Crippen LogP contribution >= 0.6 is 34.4 Å². The van der Waals surface area contributed by atoms with Gasteiger partial charge in [0.05, 0.1) is 28.2 Å². The van der Waals surface area contributed by atoms with Gasteiger partial charge in [-0.1, -0.05) is 12.1 Å². The van der Waals surface area contributed by atoms with Gasteiger partial charge in [-0.2, -0.15) is 0 Å². The number of hydrogen-bond acceptors (Lipinski definition) is 1. The van der Waals surface area contributed by atoms with E-state index in [-0.39, 0.29) is 24.0 Å². The summed E-state index contributed by atoms with van der Waals surface area (Å²) in [6, 6.07) is 8.43. The Bertz CT molecular complexity index is 374. The predicted octanol–water partition coefficient (Wildman–Crippen LogP) is -0.423. The summed E-state index contributed by atoms with van der Waals surface area (Å²) in [5.41, 5.74) is 0. The third kappa shape index (κ3) is 4.79. The van der Waals surface area contributed by atoms with Crippen molar-refractivity contribution in [1.82, 2.24) is 4.90 Å². The zero-order valence-electron chi connectivity index (χ0n) is 9.87. The standard InChI is InChI=1S/C11H16IN2S.HI/c1-13(2)11(14(3)4)15-10-8-6-5-7-9(10)12;/h5-8H,1-4H3;1H/q+1;/p-1. The van der Waals surface area contributed by atoms with Crippen LogP contribution in [0.15, 0.2) is 29.2 Å². The molecule has 0 fully saturated rings. The molecule has 1 aromatic carbocycles. The molecule has 0 radical (unpaired) electrons. The summed E-state index contributed by atoms with van der Waals surface area (Å²) in [6.07, 6.45) is 0. The number of hydrogen-bond donors (Lipinski definition) is 0. The summed E-state index contributed by atoms with van der Waals surface area (Å²) in [5.74, 6) is 0. The van der Waals surface area contributed by atoms with Crippen LogP contribution in [0.5, 0.6) is 0 Å². The first-order valence-electron chi connectivity index (χ1n) is 4.66. The molecule has 0 aliphatic rings. The molecule has 0 aliphatic carbocycles. The van der Waals surface area contributed by atoms with Crippen molar-refractivity contribution in [2.75, 3.05) is 28.2 Å².